The molecule has 2 amide bonds. The minimum Gasteiger partial charge on any atom is -0.324 e. The van der Waals surface area contributed by atoms with Crippen molar-refractivity contribution in [1.29, 1.82) is 0 Å². The number of nitrogens with one attached hydrogen (secondary N) is 2. The van der Waals surface area contributed by atoms with Gasteiger partial charge in [0.2, 0.25) is 5.91 Å². The van der Waals surface area contributed by atoms with Crippen molar-refractivity contribution >= 4 is 23.2 Å². The fourth-order valence-corrected chi connectivity index (χ4v) is 3.56. The van der Waals surface area contributed by atoms with Crippen molar-refractivity contribution in [2.24, 2.45) is 0 Å². The molecule has 176 valence electrons. The normalized spacial score (nSPS) is 10.5. The standard InChI is InChI=1S/C27H24N4O4/c1-19-12-13-21(26(34)28-22-10-6-3-7-11-22)16-23(19)29-24(32)18-31-25(33)14-15-30(27(31)35)17-20-8-4-2-5-9-20/h2-16H,17-18H2,1H3,(H,28,34)(H,29,32). The van der Waals surface area contributed by atoms with Crippen molar-refractivity contribution in [3.8, 4) is 0 Å². The first kappa shape index (κ1) is 23.4. The first-order chi connectivity index (χ1) is 16.9. The molecule has 35 heavy (non-hydrogen) atoms. The highest BCUT2D eigenvalue weighted by Gasteiger charge is 2.14. The van der Waals surface area contributed by atoms with Crippen molar-refractivity contribution in [3.05, 3.63) is 129 Å². The quantitative estimate of drug-likeness (QED) is 0.435. The Morgan fingerprint density at radius 3 is 2.23 bits per heavy atom. The molecule has 8 heteroatoms. The minimum atomic E-state index is -0.579. The number of hydrogen-bond acceptors (Lipinski definition) is 4. The number of hydrogen-bond donors (Lipinski definition) is 2. The van der Waals surface area contributed by atoms with Crippen molar-refractivity contribution < 1.29 is 9.59 Å². The molecule has 0 saturated heterocycles. The molecule has 0 bridgehead atoms. The van der Waals surface area contributed by atoms with Crippen molar-refractivity contribution in [2.75, 3.05) is 10.6 Å². The van der Waals surface area contributed by atoms with Gasteiger partial charge in [0.05, 0.1) is 6.54 Å². The summed E-state index contributed by atoms with van der Waals surface area (Å²) in [7, 11) is 0. The van der Waals surface area contributed by atoms with Crippen LogP contribution < -0.4 is 21.9 Å². The number of anilines is 2. The van der Waals surface area contributed by atoms with Crippen LogP contribution in [0.4, 0.5) is 11.4 Å². The molecule has 0 unspecified atom stereocenters. The van der Waals surface area contributed by atoms with E-state index in [9.17, 15) is 19.2 Å². The third-order valence-electron chi connectivity index (χ3n) is 5.44. The second-order valence-corrected chi connectivity index (χ2v) is 8.03. The van der Waals surface area contributed by atoms with Crippen LogP contribution in [0.2, 0.25) is 0 Å². The van der Waals surface area contributed by atoms with Gasteiger partial charge in [0.25, 0.3) is 11.5 Å². The van der Waals surface area contributed by atoms with E-state index in [-0.39, 0.29) is 12.5 Å². The average Bonchev–Trinajstić information content (AvgIpc) is 2.86. The van der Waals surface area contributed by atoms with Crippen LogP contribution in [0, 0.1) is 6.92 Å². The summed E-state index contributed by atoms with van der Waals surface area (Å²) in [5.41, 5.74) is 1.91. The largest absolute Gasteiger partial charge is 0.331 e. The van der Waals surface area contributed by atoms with Crippen LogP contribution in [-0.2, 0) is 17.9 Å². The Hall–Kier alpha value is -4.72. The molecule has 3 aromatic carbocycles. The van der Waals surface area contributed by atoms with Crippen LogP contribution in [0.1, 0.15) is 21.5 Å². The van der Waals surface area contributed by atoms with E-state index in [2.05, 4.69) is 10.6 Å². The summed E-state index contributed by atoms with van der Waals surface area (Å²) in [4.78, 5) is 50.6. The monoisotopic (exact) mass is 468 g/mol. The fraction of sp³-hybridized carbons (Fsp3) is 0.111. The molecule has 0 radical (unpaired) electrons. The minimum absolute atomic E-state index is 0.277. The van der Waals surface area contributed by atoms with Gasteiger partial charge in [0.1, 0.15) is 6.54 Å². The number of rotatable bonds is 7. The molecular weight excluding hydrogens is 444 g/mol. The lowest BCUT2D eigenvalue weighted by molar-refractivity contribution is -0.116. The van der Waals surface area contributed by atoms with E-state index in [1.807, 2.05) is 48.5 Å². The van der Waals surface area contributed by atoms with Crippen LogP contribution in [0.5, 0.6) is 0 Å². The second-order valence-electron chi connectivity index (χ2n) is 8.03. The molecule has 0 fully saturated rings. The number of para-hydroxylation sites is 1. The predicted molar refractivity (Wildman–Crippen MR) is 135 cm³/mol. The summed E-state index contributed by atoms with van der Waals surface area (Å²) >= 11 is 0. The highest BCUT2D eigenvalue weighted by Crippen LogP contribution is 2.18. The van der Waals surface area contributed by atoms with Crippen LogP contribution in [0.3, 0.4) is 0 Å². The zero-order valence-corrected chi connectivity index (χ0v) is 19.1. The lowest BCUT2D eigenvalue weighted by Gasteiger charge is -2.13. The van der Waals surface area contributed by atoms with E-state index in [1.165, 1.54) is 16.8 Å². The maximum Gasteiger partial charge on any atom is 0.331 e. The molecule has 4 rings (SSSR count). The lowest BCUT2D eigenvalue weighted by Crippen LogP contribution is -2.41. The summed E-state index contributed by atoms with van der Waals surface area (Å²) in [5.74, 6) is -0.875. The number of carbonyl (C=O) groups is 2. The number of carbonyl (C=O) groups excluding carboxylic acids is 2. The Morgan fingerprint density at radius 1 is 0.829 bits per heavy atom. The molecule has 8 nitrogen and oxygen atoms in total. The van der Waals surface area contributed by atoms with Gasteiger partial charge >= 0.3 is 5.69 Å². The summed E-state index contributed by atoms with van der Waals surface area (Å²) in [5, 5.41) is 5.51. The third kappa shape index (κ3) is 5.80. The van der Waals surface area contributed by atoms with Crippen molar-refractivity contribution in [2.45, 2.75) is 20.0 Å². The second kappa shape index (κ2) is 10.5. The maximum absolute atomic E-state index is 12.9. The number of aryl methyl sites for hydroxylation is 1. The van der Waals surface area contributed by atoms with Crippen LogP contribution in [0.15, 0.2) is 101 Å². The molecule has 0 spiro atoms. The third-order valence-corrected chi connectivity index (χ3v) is 5.44. The van der Waals surface area contributed by atoms with Crippen LogP contribution in [-0.4, -0.2) is 20.9 Å². The Kier molecular flexibility index (Phi) is 7.02. The summed E-state index contributed by atoms with van der Waals surface area (Å²) in [6.45, 7) is 1.61. The number of benzene rings is 3. The van der Waals surface area contributed by atoms with Gasteiger partial charge in [0, 0.05) is 29.2 Å². The highest BCUT2D eigenvalue weighted by atomic mass is 16.2. The van der Waals surface area contributed by atoms with Gasteiger partial charge in [0.15, 0.2) is 0 Å². The van der Waals surface area contributed by atoms with E-state index in [4.69, 9.17) is 0 Å². The first-order valence-electron chi connectivity index (χ1n) is 11.0. The van der Waals surface area contributed by atoms with Gasteiger partial charge in [-0.25, -0.2) is 4.79 Å². The molecule has 0 saturated carbocycles. The SMILES string of the molecule is Cc1ccc(C(=O)Nc2ccccc2)cc1NC(=O)Cn1c(=O)ccn(Cc2ccccc2)c1=O. The summed E-state index contributed by atoms with van der Waals surface area (Å²) in [6.07, 6.45) is 1.42. The summed E-state index contributed by atoms with van der Waals surface area (Å²) < 4.78 is 2.27. The molecule has 4 aromatic rings. The molecule has 2 N–H and O–H groups in total. The Balaban J connectivity index is 1.50. The van der Waals surface area contributed by atoms with Gasteiger partial charge in [-0.2, -0.15) is 0 Å². The van der Waals surface area contributed by atoms with E-state index in [1.54, 1.807) is 37.3 Å². The van der Waals surface area contributed by atoms with E-state index in [0.29, 0.717) is 16.9 Å². The van der Waals surface area contributed by atoms with Gasteiger partial charge in [-0.05, 0) is 42.3 Å². The number of amides is 2. The van der Waals surface area contributed by atoms with Gasteiger partial charge < -0.3 is 10.6 Å². The molecule has 0 aliphatic heterocycles. The molecule has 0 atom stereocenters. The van der Waals surface area contributed by atoms with Crippen LogP contribution >= 0.6 is 0 Å². The van der Waals surface area contributed by atoms with Crippen LogP contribution in [0.25, 0.3) is 0 Å². The Bertz CT molecular complexity index is 1470. The zero-order valence-electron chi connectivity index (χ0n) is 19.1. The van der Waals surface area contributed by atoms with Gasteiger partial charge in [-0.15, -0.1) is 0 Å². The average molecular weight is 469 g/mol. The molecule has 1 aromatic heterocycles. The van der Waals surface area contributed by atoms with E-state index >= 15 is 0 Å². The molecular formula is C27H24N4O4. The Labute approximate surface area is 201 Å². The first-order valence-corrected chi connectivity index (χ1v) is 11.0. The number of nitrogens with zero attached hydrogens (tertiary/aromatic N) is 2. The maximum atomic E-state index is 12.9. The molecule has 1 heterocycles. The molecule has 0 aliphatic carbocycles. The Morgan fingerprint density at radius 2 is 1.51 bits per heavy atom. The summed E-state index contributed by atoms with van der Waals surface area (Å²) in [6, 6.07) is 24.6. The van der Waals surface area contributed by atoms with Gasteiger partial charge in [-0.3, -0.25) is 23.5 Å². The zero-order chi connectivity index (χ0) is 24.8. The van der Waals surface area contributed by atoms with E-state index in [0.717, 1.165) is 15.7 Å². The highest BCUT2D eigenvalue weighted by molar-refractivity contribution is 6.05. The molecule has 0 aliphatic rings. The lowest BCUT2D eigenvalue weighted by atomic mass is 10.1. The number of aromatic nitrogens is 2. The van der Waals surface area contributed by atoms with Crippen molar-refractivity contribution in [3.63, 3.8) is 0 Å². The predicted octanol–water partition coefficient (Wildman–Crippen LogP) is 3.26. The van der Waals surface area contributed by atoms with E-state index < -0.39 is 23.7 Å². The van der Waals surface area contributed by atoms with Crippen molar-refractivity contribution in [1.82, 2.24) is 9.13 Å². The topological polar surface area (TPSA) is 102 Å². The smallest absolute Gasteiger partial charge is 0.324 e. The fourth-order valence-electron chi connectivity index (χ4n) is 3.56. The van der Waals surface area contributed by atoms with Gasteiger partial charge in [-0.1, -0.05) is 54.6 Å².